The molecule has 0 aliphatic carbocycles. The number of nitrogens with zero attached hydrogens (tertiary/aromatic N) is 3. The number of imidazole rings is 1. The highest BCUT2D eigenvalue weighted by Gasteiger charge is 2.02. The summed E-state index contributed by atoms with van der Waals surface area (Å²) in [7, 11) is 0. The molecule has 2 aromatic heterocycles. The Morgan fingerprint density at radius 3 is 2.62 bits per heavy atom. The smallest absolute Gasteiger partial charge is 0.0946 e. The van der Waals surface area contributed by atoms with Gasteiger partial charge in [-0.2, -0.15) is 0 Å². The second kappa shape index (κ2) is 3.47. The molecule has 3 nitrogen and oxygen atoms in total. The van der Waals surface area contributed by atoms with Crippen molar-refractivity contribution < 1.29 is 0 Å². The van der Waals surface area contributed by atoms with Gasteiger partial charge in [0.2, 0.25) is 0 Å². The third-order valence-corrected chi connectivity index (χ3v) is 2.17. The Kier molecular flexibility index (Phi) is 2.17. The summed E-state index contributed by atoms with van der Waals surface area (Å²) in [5, 5.41) is 0. The first kappa shape index (κ1) is 8.10. The predicted octanol–water partition coefficient (Wildman–Crippen LogP) is 1.95. The molecule has 0 aromatic carbocycles. The molecule has 2 rings (SSSR count). The van der Waals surface area contributed by atoms with Gasteiger partial charge in [-0.15, -0.1) is 0 Å². The molecule has 0 saturated carbocycles. The van der Waals surface area contributed by atoms with E-state index in [0.717, 1.165) is 6.54 Å². The van der Waals surface area contributed by atoms with E-state index in [-0.39, 0.29) is 0 Å². The molecule has 2 heterocycles. The van der Waals surface area contributed by atoms with E-state index in [0.29, 0.717) is 6.04 Å². The fraction of sp³-hybridized carbons (Fsp3) is 0.300. The molecule has 13 heavy (non-hydrogen) atoms. The maximum Gasteiger partial charge on any atom is 0.0946 e. The highest BCUT2D eigenvalue weighted by atomic mass is 15.1. The summed E-state index contributed by atoms with van der Waals surface area (Å²) < 4.78 is 4.28. The van der Waals surface area contributed by atoms with Gasteiger partial charge in [-0.1, -0.05) is 0 Å². The van der Waals surface area contributed by atoms with Crippen LogP contribution in [0.2, 0.25) is 0 Å². The maximum atomic E-state index is 4.01. The molecule has 0 amide bonds. The van der Waals surface area contributed by atoms with Gasteiger partial charge >= 0.3 is 0 Å². The Labute approximate surface area is 77.6 Å². The van der Waals surface area contributed by atoms with Crippen molar-refractivity contribution in [3.63, 3.8) is 0 Å². The van der Waals surface area contributed by atoms with Crippen LogP contribution >= 0.6 is 0 Å². The lowest BCUT2D eigenvalue weighted by molar-refractivity contribution is 0.466. The summed E-state index contributed by atoms with van der Waals surface area (Å²) in [6, 6.07) is 4.57. The minimum atomic E-state index is 0.476. The van der Waals surface area contributed by atoms with Crippen LogP contribution in [0.1, 0.15) is 13.0 Å². The zero-order chi connectivity index (χ0) is 9.10. The minimum absolute atomic E-state index is 0.476. The van der Waals surface area contributed by atoms with Crippen molar-refractivity contribution in [2.45, 2.75) is 19.5 Å². The number of hydrogen-bond acceptors (Lipinski definition) is 1. The third-order valence-electron chi connectivity index (χ3n) is 2.17. The van der Waals surface area contributed by atoms with Gasteiger partial charge in [0, 0.05) is 37.4 Å². The minimum Gasteiger partial charge on any atom is -0.350 e. The van der Waals surface area contributed by atoms with Gasteiger partial charge < -0.3 is 9.13 Å². The molecule has 0 aliphatic rings. The van der Waals surface area contributed by atoms with Gasteiger partial charge in [0.25, 0.3) is 0 Å². The van der Waals surface area contributed by atoms with Crippen LogP contribution in [0.15, 0.2) is 43.2 Å². The molecule has 0 saturated heterocycles. The van der Waals surface area contributed by atoms with Crippen LogP contribution in [0.25, 0.3) is 0 Å². The number of aromatic nitrogens is 3. The first-order chi connectivity index (χ1) is 6.36. The van der Waals surface area contributed by atoms with E-state index >= 15 is 0 Å². The molecule has 0 bridgehead atoms. The average Bonchev–Trinajstić information content (AvgIpc) is 2.74. The first-order valence-corrected chi connectivity index (χ1v) is 4.44. The fourth-order valence-electron chi connectivity index (χ4n) is 1.44. The highest BCUT2D eigenvalue weighted by Crippen LogP contribution is 2.08. The van der Waals surface area contributed by atoms with Crippen molar-refractivity contribution in [1.29, 1.82) is 0 Å². The monoisotopic (exact) mass is 175 g/mol. The summed E-state index contributed by atoms with van der Waals surface area (Å²) in [5.41, 5.74) is 0. The lowest BCUT2D eigenvalue weighted by atomic mass is 10.3. The SMILES string of the molecule is CC(Cn1ccnc1)n1cccc1. The van der Waals surface area contributed by atoms with E-state index in [1.54, 1.807) is 0 Å². The van der Waals surface area contributed by atoms with E-state index < -0.39 is 0 Å². The molecule has 2 aromatic rings. The van der Waals surface area contributed by atoms with Gasteiger partial charge in [0.05, 0.1) is 6.33 Å². The van der Waals surface area contributed by atoms with Crippen molar-refractivity contribution in [2.24, 2.45) is 0 Å². The van der Waals surface area contributed by atoms with Gasteiger partial charge in [-0.25, -0.2) is 4.98 Å². The van der Waals surface area contributed by atoms with Crippen LogP contribution in [-0.2, 0) is 6.54 Å². The van der Waals surface area contributed by atoms with Gasteiger partial charge in [0.15, 0.2) is 0 Å². The lowest BCUT2D eigenvalue weighted by Crippen LogP contribution is -2.09. The average molecular weight is 175 g/mol. The number of rotatable bonds is 3. The second-order valence-corrected chi connectivity index (χ2v) is 3.24. The first-order valence-electron chi connectivity index (χ1n) is 4.44. The standard InChI is InChI=1S/C10H13N3/c1-10(13-5-2-3-6-13)8-12-7-4-11-9-12/h2-7,9-10H,8H2,1H3. The third kappa shape index (κ3) is 1.80. The molecule has 0 fully saturated rings. The molecule has 3 heteroatoms. The van der Waals surface area contributed by atoms with E-state index in [1.807, 2.05) is 30.9 Å². The van der Waals surface area contributed by atoms with Crippen LogP contribution < -0.4 is 0 Å². The van der Waals surface area contributed by atoms with E-state index in [1.165, 1.54) is 0 Å². The highest BCUT2D eigenvalue weighted by molar-refractivity contribution is 4.92. The predicted molar refractivity (Wildman–Crippen MR) is 51.4 cm³/mol. The van der Waals surface area contributed by atoms with Gasteiger partial charge in [-0.3, -0.25) is 0 Å². The summed E-state index contributed by atoms with van der Waals surface area (Å²) >= 11 is 0. The molecule has 1 atom stereocenters. The summed E-state index contributed by atoms with van der Waals surface area (Å²) in [4.78, 5) is 4.01. The summed E-state index contributed by atoms with van der Waals surface area (Å²) in [6.07, 6.45) is 9.81. The van der Waals surface area contributed by atoms with E-state index in [4.69, 9.17) is 0 Å². The zero-order valence-electron chi connectivity index (χ0n) is 7.67. The van der Waals surface area contributed by atoms with Crippen molar-refractivity contribution in [2.75, 3.05) is 0 Å². The van der Waals surface area contributed by atoms with Crippen molar-refractivity contribution in [1.82, 2.24) is 14.1 Å². The van der Waals surface area contributed by atoms with Crippen LogP contribution in [0, 0.1) is 0 Å². The van der Waals surface area contributed by atoms with Crippen LogP contribution in [0.3, 0.4) is 0 Å². The fourth-order valence-corrected chi connectivity index (χ4v) is 1.44. The van der Waals surface area contributed by atoms with E-state index in [2.05, 4.69) is 33.4 Å². The van der Waals surface area contributed by atoms with Crippen LogP contribution in [0.5, 0.6) is 0 Å². The Balaban J connectivity index is 2.04. The van der Waals surface area contributed by atoms with Gasteiger partial charge in [-0.05, 0) is 19.1 Å². The Hall–Kier alpha value is -1.51. The largest absolute Gasteiger partial charge is 0.350 e. The molecule has 0 spiro atoms. The van der Waals surface area contributed by atoms with Crippen molar-refractivity contribution >= 4 is 0 Å². The molecule has 1 unspecified atom stereocenters. The van der Waals surface area contributed by atoms with Crippen LogP contribution in [-0.4, -0.2) is 14.1 Å². The second-order valence-electron chi connectivity index (χ2n) is 3.24. The summed E-state index contributed by atoms with van der Waals surface area (Å²) in [5.74, 6) is 0. The molecule has 0 N–H and O–H groups in total. The molecule has 0 radical (unpaired) electrons. The molecule has 68 valence electrons. The molecular weight excluding hydrogens is 162 g/mol. The maximum absolute atomic E-state index is 4.01. The normalized spacial score (nSPS) is 13.0. The lowest BCUT2D eigenvalue weighted by Gasteiger charge is -2.13. The van der Waals surface area contributed by atoms with Gasteiger partial charge in [0.1, 0.15) is 0 Å². The molecular formula is C10H13N3. The quantitative estimate of drug-likeness (QED) is 0.699. The summed E-state index contributed by atoms with van der Waals surface area (Å²) in [6.45, 7) is 3.16. The zero-order valence-corrected chi connectivity index (χ0v) is 7.67. The van der Waals surface area contributed by atoms with Crippen LogP contribution in [0.4, 0.5) is 0 Å². The van der Waals surface area contributed by atoms with E-state index in [9.17, 15) is 0 Å². The topological polar surface area (TPSA) is 22.8 Å². The van der Waals surface area contributed by atoms with Crippen molar-refractivity contribution in [3.8, 4) is 0 Å². The van der Waals surface area contributed by atoms with Crippen molar-refractivity contribution in [3.05, 3.63) is 43.2 Å². The Morgan fingerprint density at radius 1 is 1.23 bits per heavy atom. The Bertz CT molecular complexity index is 334. The molecule has 0 aliphatic heterocycles. The Morgan fingerprint density at radius 2 is 2.00 bits per heavy atom. The number of hydrogen-bond donors (Lipinski definition) is 0.